The predicted molar refractivity (Wildman–Crippen MR) is 161 cm³/mol. The highest BCUT2D eigenvalue weighted by molar-refractivity contribution is 7.92. The molecule has 3 aromatic rings. The van der Waals surface area contributed by atoms with E-state index in [-0.39, 0.29) is 36.0 Å². The first-order valence-corrected chi connectivity index (χ1v) is 15.4. The summed E-state index contributed by atoms with van der Waals surface area (Å²) in [4.78, 5) is 29.1. The van der Waals surface area contributed by atoms with Crippen LogP contribution in [0.2, 0.25) is 0 Å². The third kappa shape index (κ3) is 8.45. The molecule has 0 aliphatic heterocycles. The summed E-state index contributed by atoms with van der Waals surface area (Å²) in [6.07, 6.45) is 1.76. The zero-order valence-corrected chi connectivity index (χ0v) is 25.4. The minimum Gasteiger partial charge on any atom is -0.497 e. The number of carbonyl (C=O) groups excluding carboxylic acids is 2. The fourth-order valence-electron chi connectivity index (χ4n) is 4.39. The first kappa shape index (κ1) is 32.4. The molecule has 0 unspecified atom stereocenters. The van der Waals surface area contributed by atoms with Crippen molar-refractivity contribution in [1.29, 1.82) is 0 Å². The summed E-state index contributed by atoms with van der Waals surface area (Å²) in [5.41, 5.74) is 1.08. The lowest BCUT2D eigenvalue weighted by Crippen LogP contribution is -2.54. The zero-order valence-electron chi connectivity index (χ0n) is 24.5. The van der Waals surface area contributed by atoms with Gasteiger partial charge in [-0.25, -0.2) is 12.8 Å². The molecule has 0 bridgehead atoms. The van der Waals surface area contributed by atoms with E-state index in [0.29, 0.717) is 12.2 Å². The summed E-state index contributed by atoms with van der Waals surface area (Å²) in [7, 11) is -1.18. The van der Waals surface area contributed by atoms with E-state index in [4.69, 9.17) is 9.47 Å². The topological polar surface area (TPSA) is 105 Å². The Morgan fingerprint density at radius 1 is 0.976 bits per heavy atom. The minimum atomic E-state index is -4.02. The minimum absolute atomic E-state index is 0.114. The maximum Gasteiger partial charge on any atom is 0.244 e. The maximum atomic E-state index is 14.9. The fourth-order valence-corrected chi connectivity index (χ4v) is 5.24. The molecule has 0 aliphatic carbocycles. The molecule has 2 atom stereocenters. The molecule has 0 aromatic heterocycles. The van der Waals surface area contributed by atoms with Gasteiger partial charge in [0.15, 0.2) is 0 Å². The second-order valence-electron chi connectivity index (χ2n) is 9.94. The Morgan fingerprint density at radius 2 is 1.64 bits per heavy atom. The van der Waals surface area contributed by atoms with Gasteiger partial charge in [0.2, 0.25) is 21.8 Å². The van der Waals surface area contributed by atoms with Crippen molar-refractivity contribution >= 4 is 27.5 Å². The summed E-state index contributed by atoms with van der Waals surface area (Å²) in [5.74, 6) is -1.06. The van der Waals surface area contributed by atoms with E-state index in [2.05, 4.69) is 5.32 Å². The molecule has 226 valence electrons. The van der Waals surface area contributed by atoms with Crippen LogP contribution in [0.1, 0.15) is 31.4 Å². The Bertz CT molecular complexity index is 1470. The number of halogens is 1. The average molecular weight is 600 g/mol. The molecule has 3 aromatic carbocycles. The van der Waals surface area contributed by atoms with Gasteiger partial charge in [-0.3, -0.25) is 13.9 Å². The van der Waals surface area contributed by atoms with Gasteiger partial charge in [0.1, 0.15) is 29.9 Å². The van der Waals surface area contributed by atoms with Gasteiger partial charge in [0.05, 0.1) is 26.2 Å². The molecular weight excluding hydrogens is 561 g/mol. The summed E-state index contributed by atoms with van der Waals surface area (Å²) in [5, 5.41) is 2.94. The van der Waals surface area contributed by atoms with Gasteiger partial charge >= 0.3 is 0 Å². The van der Waals surface area contributed by atoms with E-state index in [1.807, 2.05) is 44.2 Å². The number of rotatable bonds is 14. The molecule has 0 fully saturated rings. The van der Waals surface area contributed by atoms with Crippen LogP contribution in [-0.2, 0) is 32.6 Å². The largest absolute Gasteiger partial charge is 0.497 e. The van der Waals surface area contributed by atoms with Gasteiger partial charge in [-0.2, -0.15) is 0 Å². The van der Waals surface area contributed by atoms with Crippen molar-refractivity contribution in [1.82, 2.24) is 10.2 Å². The van der Waals surface area contributed by atoms with Crippen molar-refractivity contribution in [2.24, 2.45) is 0 Å². The number of benzene rings is 3. The third-order valence-corrected chi connectivity index (χ3v) is 8.03. The van der Waals surface area contributed by atoms with E-state index in [1.54, 1.807) is 12.1 Å². The van der Waals surface area contributed by atoms with Gasteiger partial charge in [0.25, 0.3) is 0 Å². The number of ether oxygens (including phenoxy) is 2. The first-order chi connectivity index (χ1) is 20.0. The maximum absolute atomic E-state index is 14.9. The van der Waals surface area contributed by atoms with E-state index in [1.165, 1.54) is 49.5 Å². The lowest BCUT2D eigenvalue weighted by atomic mass is 10.0. The molecular formula is C31H38FN3O6S. The molecule has 0 aliphatic rings. The van der Waals surface area contributed by atoms with E-state index >= 15 is 0 Å². The molecule has 2 amide bonds. The SMILES string of the molecule is CC[C@H](C)NC(=O)[C@H](Cc1ccccc1)N(Cc1ccccc1F)C(=O)CN(c1ccc(OC)cc1OC)S(C)(=O)=O. The average Bonchev–Trinajstić information content (AvgIpc) is 2.97. The number of amides is 2. The number of nitrogens with zero attached hydrogens (tertiary/aromatic N) is 2. The van der Waals surface area contributed by atoms with E-state index in [0.717, 1.165) is 16.1 Å². The summed E-state index contributed by atoms with van der Waals surface area (Å²) < 4.78 is 52.5. The molecule has 9 nitrogen and oxygen atoms in total. The zero-order chi connectivity index (χ0) is 30.9. The smallest absolute Gasteiger partial charge is 0.244 e. The second-order valence-corrected chi connectivity index (χ2v) is 11.9. The predicted octanol–water partition coefficient (Wildman–Crippen LogP) is 4.16. The Morgan fingerprint density at radius 3 is 2.24 bits per heavy atom. The van der Waals surface area contributed by atoms with Crippen molar-refractivity contribution in [2.75, 3.05) is 31.3 Å². The Labute approximate surface area is 247 Å². The highest BCUT2D eigenvalue weighted by Crippen LogP contribution is 2.34. The fraction of sp³-hybridized carbons (Fsp3) is 0.355. The lowest BCUT2D eigenvalue weighted by molar-refractivity contribution is -0.140. The number of hydrogen-bond acceptors (Lipinski definition) is 6. The second kappa shape index (κ2) is 14.7. The van der Waals surface area contributed by atoms with Crippen LogP contribution in [-0.4, -0.2) is 64.2 Å². The first-order valence-electron chi connectivity index (χ1n) is 13.5. The quantitative estimate of drug-likeness (QED) is 0.298. The van der Waals surface area contributed by atoms with Crippen LogP contribution in [0.15, 0.2) is 72.8 Å². The molecule has 11 heteroatoms. The number of anilines is 1. The standard InChI is InChI=1S/C31H38FN3O6S/c1-6-22(2)33-31(37)28(18-23-12-8-7-9-13-23)34(20-24-14-10-11-15-26(24)32)30(36)21-35(42(5,38)39)27-17-16-25(40-3)19-29(27)41-4/h7-17,19,22,28H,6,18,20-21H2,1-5H3,(H,33,37)/t22-,28-/m0/s1. The van der Waals surface area contributed by atoms with Gasteiger partial charge in [-0.05, 0) is 37.1 Å². The molecule has 0 heterocycles. The van der Waals surface area contributed by atoms with Crippen LogP contribution in [0.3, 0.4) is 0 Å². The molecule has 3 rings (SSSR count). The number of hydrogen-bond donors (Lipinski definition) is 1. The van der Waals surface area contributed by atoms with Gasteiger partial charge in [-0.1, -0.05) is 55.5 Å². The summed E-state index contributed by atoms with van der Waals surface area (Å²) >= 11 is 0. The van der Waals surface area contributed by atoms with Crippen LogP contribution in [0.25, 0.3) is 0 Å². The van der Waals surface area contributed by atoms with Crippen LogP contribution < -0.4 is 19.1 Å². The van der Waals surface area contributed by atoms with Crippen molar-refractivity contribution in [2.45, 2.75) is 45.3 Å². The highest BCUT2D eigenvalue weighted by atomic mass is 32.2. The lowest BCUT2D eigenvalue weighted by Gasteiger charge is -2.34. The Kier molecular flexibility index (Phi) is 11.3. The highest BCUT2D eigenvalue weighted by Gasteiger charge is 2.34. The van der Waals surface area contributed by atoms with Crippen LogP contribution in [0.5, 0.6) is 11.5 Å². The van der Waals surface area contributed by atoms with E-state index < -0.39 is 40.2 Å². The van der Waals surface area contributed by atoms with Crippen LogP contribution >= 0.6 is 0 Å². The monoisotopic (exact) mass is 599 g/mol. The molecule has 1 N–H and O–H groups in total. The molecule has 0 saturated heterocycles. The molecule has 0 spiro atoms. The van der Waals surface area contributed by atoms with Gasteiger partial charge in [-0.15, -0.1) is 0 Å². The number of nitrogens with one attached hydrogen (secondary N) is 1. The van der Waals surface area contributed by atoms with Crippen molar-refractivity contribution < 1.29 is 31.9 Å². The van der Waals surface area contributed by atoms with Crippen molar-refractivity contribution in [3.63, 3.8) is 0 Å². The normalized spacial score (nSPS) is 12.6. The number of methoxy groups -OCH3 is 2. The molecule has 42 heavy (non-hydrogen) atoms. The van der Waals surface area contributed by atoms with Crippen molar-refractivity contribution in [3.8, 4) is 11.5 Å². The number of carbonyl (C=O) groups is 2. The number of sulfonamides is 1. The Hall–Kier alpha value is -4.12. The van der Waals surface area contributed by atoms with Crippen LogP contribution in [0, 0.1) is 5.82 Å². The van der Waals surface area contributed by atoms with Gasteiger partial charge < -0.3 is 19.7 Å². The molecule has 0 radical (unpaired) electrons. The summed E-state index contributed by atoms with van der Waals surface area (Å²) in [6, 6.07) is 18.4. The molecule has 0 saturated carbocycles. The van der Waals surface area contributed by atoms with Gasteiger partial charge in [0, 0.05) is 30.6 Å². The van der Waals surface area contributed by atoms with Crippen LogP contribution in [0.4, 0.5) is 10.1 Å². The summed E-state index contributed by atoms with van der Waals surface area (Å²) in [6.45, 7) is 2.86. The van der Waals surface area contributed by atoms with E-state index in [9.17, 15) is 22.4 Å². The van der Waals surface area contributed by atoms with Crippen molar-refractivity contribution in [3.05, 3.63) is 89.7 Å². The third-order valence-electron chi connectivity index (χ3n) is 6.91. The Balaban J connectivity index is 2.11.